The molecule has 0 aliphatic carbocycles. The summed E-state index contributed by atoms with van der Waals surface area (Å²) in [5, 5.41) is 0. The van der Waals surface area contributed by atoms with Crippen molar-refractivity contribution in [3.05, 3.63) is 0 Å². The number of hydrogen-bond donors (Lipinski definition) is 1. The second-order valence-corrected chi connectivity index (χ2v) is 0.387. The fourth-order valence-corrected chi connectivity index (χ4v) is 0. The van der Waals surface area contributed by atoms with Gasteiger partial charge in [-0.25, -0.2) is 5.53 Å². The van der Waals surface area contributed by atoms with E-state index >= 15 is 0 Å². The molecule has 1 atom stereocenters. The first-order valence-corrected chi connectivity index (χ1v) is 0.998. The zero-order chi connectivity index (χ0) is 2.71. The Labute approximate surface area is 57.1 Å². The minimum atomic E-state index is 0. The van der Waals surface area contributed by atoms with E-state index in [1.807, 2.05) is 9.39 Å². The van der Waals surface area contributed by atoms with Crippen LogP contribution in [0.4, 0.5) is 0 Å². The SMILES string of the molecule is N=NP.[CaH2]. The van der Waals surface area contributed by atoms with Crippen molar-refractivity contribution in [1.82, 2.24) is 0 Å². The van der Waals surface area contributed by atoms with E-state index in [4.69, 9.17) is 5.53 Å². The van der Waals surface area contributed by atoms with Gasteiger partial charge in [0.1, 0.15) is 0 Å². The molecule has 0 radical (unpaired) electrons. The van der Waals surface area contributed by atoms with Crippen molar-refractivity contribution < 1.29 is 0 Å². The van der Waals surface area contributed by atoms with Gasteiger partial charge in [0.2, 0.25) is 0 Å². The van der Waals surface area contributed by atoms with E-state index in [-0.39, 0.29) is 37.7 Å². The van der Waals surface area contributed by atoms with Crippen LogP contribution in [-0.4, -0.2) is 37.7 Å². The van der Waals surface area contributed by atoms with E-state index in [9.17, 15) is 0 Å². The van der Waals surface area contributed by atoms with Crippen LogP contribution < -0.4 is 0 Å². The van der Waals surface area contributed by atoms with Crippen molar-refractivity contribution in [2.45, 2.75) is 0 Å². The molecule has 22 valence electrons. The molecule has 1 unspecified atom stereocenters. The van der Waals surface area contributed by atoms with Crippen molar-refractivity contribution in [2.24, 2.45) is 4.88 Å². The Morgan fingerprint density at radius 3 is 1.75 bits per heavy atom. The first kappa shape index (κ1) is 8.99. The first-order valence-electron chi connectivity index (χ1n) is 0.482. The predicted molar refractivity (Wildman–Crippen MR) is 23.4 cm³/mol. The molecule has 0 aliphatic rings. The number of hydrogen-bond acceptors (Lipinski definition) is 2. The fraction of sp³-hybridized carbons (Fsp3) is 0. The molecule has 0 aromatic heterocycles. The summed E-state index contributed by atoms with van der Waals surface area (Å²) in [5.41, 5.74) is 5.80. The molecule has 0 aromatic carbocycles. The molecule has 0 aromatic rings. The van der Waals surface area contributed by atoms with Crippen LogP contribution in [0.15, 0.2) is 4.88 Å². The summed E-state index contributed by atoms with van der Waals surface area (Å²) in [4.78, 5) is 2.67. The maximum atomic E-state index is 5.80. The van der Waals surface area contributed by atoms with Gasteiger partial charge >= 0.3 is 37.7 Å². The predicted octanol–water partition coefficient (Wildman–Crippen LogP) is -0.109. The van der Waals surface area contributed by atoms with Crippen LogP contribution in [0, 0.1) is 5.53 Å². The Hall–Kier alpha value is 1.29. The quantitative estimate of drug-likeness (QED) is 0.253. The van der Waals surface area contributed by atoms with Gasteiger partial charge in [0.25, 0.3) is 0 Å². The molecule has 2 nitrogen and oxygen atoms in total. The van der Waals surface area contributed by atoms with Crippen LogP contribution in [0.5, 0.6) is 0 Å². The van der Waals surface area contributed by atoms with Crippen molar-refractivity contribution in [3.63, 3.8) is 0 Å². The standard InChI is InChI=1S/Ca.H3N2P.2H/c;1-2-3;;/h;1H,3H2;;. The Balaban J connectivity index is 0. The van der Waals surface area contributed by atoms with Gasteiger partial charge in [-0.05, 0) is 0 Å². The maximum absolute atomic E-state index is 5.80. The van der Waals surface area contributed by atoms with E-state index in [2.05, 4.69) is 4.88 Å². The van der Waals surface area contributed by atoms with Gasteiger partial charge in [0.05, 0.1) is 0 Å². The first-order chi connectivity index (χ1) is 1.41. The van der Waals surface area contributed by atoms with Crippen molar-refractivity contribution in [1.29, 1.82) is 5.53 Å². The minimum absolute atomic E-state index is 0. The molecule has 1 N–H and O–H groups in total. The molecule has 0 heterocycles. The molecule has 0 amide bonds. The summed E-state index contributed by atoms with van der Waals surface area (Å²) < 4.78 is 0. The van der Waals surface area contributed by atoms with Crippen LogP contribution in [-0.2, 0) is 0 Å². The number of nitrogens with one attached hydrogen (secondary N) is 1. The molecular formula is H5CaN2P. The molecule has 0 rings (SSSR count). The van der Waals surface area contributed by atoms with Crippen LogP contribution in [0.25, 0.3) is 0 Å². The summed E-state index contributed by atoms with van der Waals surface area (Å²) in [5.74, 6) is 0. The van der Waals surface area contributed by atoms with Crippen LogP contribution in [0.3, 0.4) is 0 Å². The average Bonchev–Trinajstić information content (AvgIpc) is 0.918. The van der Waals surface area contributed by atoms with Crippen LogP contribution >= 0.6 is 9.39 Å². The summed E-state index contributed by atoms with van der Waals surface area (Å²) in [6, 6.07) is 0. The second kappa shape index (κ2) is 8.85. The van der Waals surface area contributed by atoms with E-state index in [1.165, 1.54) is 0 Å². The molecule has 0 spiro atoms. The summed E-state index contributed by atoms with van der Waals surface area (Å²) >= 11 is 0. The zero-order valence-corrected chi connectivity index (χ0v) is 2.68. The van der Waals surface area contributed by atoms with E-state index < -0.39 is 0 Å². The summed E-state index contributed by atoms with van der Waals surface area (Å²) in [6.07, 6.45) is 0. The summed E-state index contributed by atoms with van der Waals surface area (Å²) in [7, 11) is 1.87. The van der Waals surface area contributed by atoms with Crippen LogP contribution in [0.2, 0.25) is 0 Å². The average molecular weight is 104 g/mol. The molecule has 0 fully saturated rings. The fourth-order valence-electron chi connectivity index (χ4n) is 0. The molecule has 4 heteroatoms. The number of rotatable bonds is 0. The number of nitrogens with zero attached hydrogens (tertiary/aromatic N) is 1. The zero-order valence-electron chi connectivity index (χ0n) is 1.52. The Bertz CT molecular complexity index is 13.5. The van der Waals surface area contributed by atoms with Gasteiger partial charge < -0.3 is 0 Å². The van der Waals surface area contributed by atoms with Crippen molar-refractivity contribution in [2.75, 3.05) is 0 Å². The monoisotopic (exact) mass is 104 g/mol. The second-order valence-electron chi connectivity index (χ2n) is 0.129. The molecular weight excluding hydrogens is 99.1 g/mol. The third-order valence-electron chi connectivity index (χ3n) is 0. The molecule has 0 saturated carbocycles. The van der Waals surface area contributed by atoms with Gasteiger partial charge in [0, 0.05) is 9.39 Å². The summed E-state index contributed by atoms with van der Waals surface area (Å²) in [6.45, 7) is 0. The molecule has 0 saturated heterocycles. The van der Waals surface area contributed by atoms with E-state index in [0.717, 1.165) is 0 Å². The van der Waals surface area contributed by atoms with E-state index in [1.54, 1.807) is 0 Å². The Morgan fingerprint density at radius 2 is 1.75 bits per heavy atom. The molecule has 0 bridgehead atoms. The van der Waals surface area contributed by atoms with Gasteiger partial charge in [-0.15, -0.1) is 0 Å². The molecule has 4 heavy (non-hydrogen) atoms. The topological polar surface area (TPSA) is 36.2 Å². The van der Waals surface area contributed by atoms with Gasteiger partial charge in [0.15, 0.2) is 0 Å². The Morgan fingerprint density at radius 1 is 1.75 bits per heavy atom. The Kier molecular flexibility index (Phi) is 19.9. The third-order valence-corrected chi connectivity index (χ3v) is 0. The van der Waals surface area contributed by atoms with Gasteiger partial charge in [-0.2, -0.15) is 4.88 Å². The van der Waals surface area contributed by atoms with Crippen LogP contribution in [0.1, 0.15) is 0 Å². The van der Waals surface area contributed by atoms with Gasteiger partial charge in [-0.3, -0.25) is 0 Å². The van der Waals surface area contributed by atoms with Gasteiger partial charge in [-0.1, -0.05) is 0 Å². The third kappa shape index (κ3) is 10.4. The molecule has 0 aliphatic heterocycles. The van der Waals surface area contributed by atoms with Crippen molar-refractivity contribution >= 4 is 47.1 Å². The van der Waals surface area contributed by atoms with Crippen molar-refractivity contribution in [3.8, 4) is 0 Å². The normalized spacial score (nSPS) is 3.25. The van der Waals surface area contributed by atoms with E-state index in [0.29, 0.717) is 0 Å².